The van der Waals surface area contributed by atoms with Crippen LogP contribution in [-0.4, -0.2) is 28.5 Å². The third-order valence-electron chi connectivity index (χ3n) is 3.10. The highest BCUT2D eigenvalue weighted by atomic mass is 35.5. The standard InChI is InChI=1S/C14H10ClN3O3/c15-9-5-8(14(20)21)6-16-13(9)18-7-12(19)17-10-3-1-2-4-11(10)18/h1-6H,7H2,(H,17,19)(H,20,21). The van der Waals surface area contributed by atoms with Gasteiger partial charge in [0.25, 0.3) is 0 Å². The summed E-state index contributed by atoms with van der Waals surface area (Å²) in [6, 6.07) is 8.58. The zero-order valence-electron chi connectivity index (χ0n) is 10.7. The molecule has 1 aliphatic heterocycles. The number of hydrogen-bond donors (Lipinski definition) is 2. The Morgan fingerprint density at radius 3 is 2.86 bits per heavy atom. The fraction of sp³-hybridized carbons (Fsp3) is 0.0714. The van der Waals surface area contributed by atoms with E-state index in [1.807, 2.05) is 18.2 Å². The number of carboxylic acids is 1. The highest BCUT2D eigenvalue weighted by molar-refractivity contribution is 6.33. The minimum atomic E-state index is -1.10. The molecule has 0 atom stereocenters. The molecule has 0 aliphatic carbocycles. The largest absolute Gasteiger partial charge is 0.478 e. The SMILES string of the molecule is O=C1CN(c2ncc(C(=O)O)cc2Cl)c2ccccc2N1. The predicted molar refractivity (Wildman–Crippen MR) is 78.3 cm³/mol. The minimum Gasteiger partial charge on any atom is -0.478 e. The molecule has 0 saturated heterocycles. The van der Waals surface area contributed by atoms with Crippen LogP contribution < -0.4 is 10.2 Å². The Labute approximate surface area is 125 Å². The first-order valence-corrected chi connectivity index (χ1v) is 6.49. The molecule has 2 N–H and O–H groups in total. The lowest BCUT2D eigenvalue weighted by molar-refractivity contribution is -0.115. The van der Waals surface area contributed by atoms with Crippen molar-refractivity contribution in [3.63, 3.8) is 0 Å². The number of aromatic carboxylic acids is 1. The number of carbonyl (C=O) groups excluding carboxylic acids is 1. The Balaban J connectivity index is 2.09. The molecule has 2 aromatic rings. The predicted octanol–water partition coefficient (Wildman–Crippen LogP) is 2.52. The van der Waals surface area contributed by atoms with Gasteiger partial charge >= 0.3 is 5.97 Å². The Morgan fingerprint density at radius 1 is 1.38 bits per heavy atom. The molecule has 0 radical (unpaired) electrons. The summed E-state index contributed by atoms with van der Waals surface area (Å²) in [5, 5.41) is 11.9. The Hall–Kier alpha value is -2.60. The molecule has 1 aromatic carbocycles. The monoisotopic (exact) mass is 303 g/mol. The van der Waals surface area contributed by atoms with E-state index in [1.165, 1.54) is 12.3 Å². The maximum Gasteiger partial charge on any atom is 0.337 e. The summed E-state index contributed by atoms with van der Waals surface area (Å²) < 4.78 is 0. The molecule has 0 fully saturated rings. The number of carboxylic acid groups (broad SMARTS) is 1. The van der Waals surface area contributed by atoms with Gasteiger partial charge in [-0.05, 0) is 18.2 Å². The van der Waals surface area contributed by atoms with Crippen LogP contribution >= 0.6 is 11.6 Å². The van der Waals surface area contributed by atoms with Crippen LogP contribution in [0.3, 0.4) is 0 Å². The highest BCUT2D eigenvalue weighted by Crippen LogP contribution is 2.36. The van der Waals surface area contributed by atoms with E-state index in [4.69, 9.17) is 16.7 Å². The molecule has 21 heavy (non-hydrogen) atoms. The second-order valence-corrected chi connectivity index (χ2v) is 4.89. The van der Waals surface area contributed by atoms with Crippen LogP contribution in [0.15, 0.2) is 36.5 Å². The van der Waals surface area contributed by atoms with Crippen LogP contribution in [0.1, 0.15) is 10.4 Å². The number of pyridine rings is 1. The fourth-order valence-corrected chi connectivity index (χ4v) is 2.44. The van der Waals surface area contributed by atoms with Crippen LogP contribution in [0.5, 0.6) is 0 Å². The number of nitrogens with zero attached hydrogens (tertiary/aromatic N) is 2. The van der Waals surface area contributed by atoms with Crippen LogP contribution in [0, 0.1) is 0 Å². The molecule has 6 nitrogen and oxygen atoms in total. The zero-order valence-corrected chi connectivity index (χ0v) is 11.5. The molecule has 3 rings (SSSR count). The summed E-state index contributed by atoms with van der Waals surface area (Å²) in [4.78, 5) is 28.4. The lowest BCUT2D eigenvalue weighted by Gasteiger charge is -2.30. The molecule has 106 valence electrons. The minimum absolute atomic E-state index is 0.00139. The van der Waals surface area contributed by atoms with Crippen LogP contribution in [0.4, 0.5) is 17.2 Å². The average Bonchev–Trinajstić information content (AvgIpc) is 2.46. The summed E-state index contributed by atoms with van der Waals surface area (Å²) >= 11 is 6.12. The number of anilines is 3. The number of benzene rings is 1. The van der Waals surface area contributed by atoms with E-state index in [0.717, 1.165) is 5.69 Å². The van der Waals surface area contributed by atoms with Crippen molar-refractivity contribution in [2.75, 3.05) is 16.8 Å². The average molecular weight is 304 g/mol. The van der Waals surface area contributed by atoms with Gasteiger partial charge in [0.2, 0.25) is 5.91 Å². The molecule has 7 heteroatoms. The molecule has 1 aromatic heterocycles. The summed E-state index contributed by atoms with van der Waals surface area (Å²) in [6.07, 6.45) is 1.22. The van der Waals surface area contributed by atoms with Gasteiger partial charge in [-0.2, -0.15) is 0 Å². The van der Waals surface area contributed by atoms with E-state index in [1.54, 1.807) is 11.0 Å². The Kier molecular flexibility index (Phi) is 3.23. The zero-order chi connectivity index (χ0) is 15.0. The van der Waals surface area contributed by atoms with Crippen LogP contribution in [-0.2, 0) is 4.79 Å². The second-order valence-electron chi connectivity index (χ2n) is 4.49. The molecule has 0 unspecified atom stereocenters. The van der Waals surface area contributed by atoms with Gasteiger partial charge in [0, 0.05) is 6.20 Å². The number of para-hydroxylation sites is 2. The van der Waals surface area contributed by atoms with Gasteiger partial charge < -0.3 is 15.3 Å². The fourth-order valence-electron chi connectivity index (χ4n) is 2.17. The van der Waals surface area contributed by atoms with Crippen molar-refractivity contribution < 1.29 is 14.7 Å². The van der Waals surface area contributed by atoms with E-state index in [0.29, 0.717) is 11.5 Å². The third kappa shape index (κ3) is 2.41. The van der Waals surface area contributed by atoms with Crippen molar-refractivity contribution in [3.8, 4) is 0 Å². The lowest BCUT2D eigenvalue weighted by Crippen LogP contribution is -2.35. The number of fused-ring (bicyclic) bond motifs is 1. The number of aromatic nitrogens is 1. The first-order chi connectivity index (χ1) is 10.1. The van der Waals surface area contributed by atoms with Gasteiger partial charge in [-0.15, -0.1) is 0 Å². The van der Waals surface area contributed by atoms with Crippen LogP contribution in [0.2, 0.25) is 5.02 Å². The second kappa shape index (κ2) is 5.06. The lowest BCUT2D eigenvalue weighted by atomic mass is 10.2. The van der Waals surface area contributed by atoms with Crippen molar-refractivity contribution in [3.05, 3.63) is 47.1 Å². The van der Waals surface area contributed by atoms with Crippen molar-refractivity contribution in [2.45, 2.75) is 0 Å². The summed E-state index contributed by atoms with van der Waals surface area (Å²) in [5.74, 6) is -0.939. The summed E-state index contributed by atoms with van der Waals surface area (Å²) in [6.45, 7) is 0.0656. The van der Waals surface area contributed by atoms with Gasteiger partial charge in [0.05, 0.1) is 22.0 Å². The summed E-state index contributed by atoms with van der Waals surface area (Å²) in [5.41, 5.74) is 1.42. The van der Waals surface area contributed by atoms with E-state index in [9.17, 15) is 9.59 Å². The number of hydrogen-bond acceptors (Lipinski definition) is 4. The molecular formula is C14H10ClN3O3. The number of nitrogens with one attached hydrogen (secondary N) is 1. The number of rotatable bonds is 2. The maximum atomic E-state index is 11.8. The molecule has 2 heterocycles. The smallest absolute Gasteiger partial charge is 0.337 e. The third-order valence-corrected chi connectivity index (χ3v) is 3.37. The van der Waals surface area contributed by atoms with Crippen molar-refractivity contribution in [1.82, 2.24) is 4.98 Å². The first kappa shape index (κ1) is 13.4. The van der Waals surface area contributed by atoms with Gasteiger partial charge in [-0.3, -0.25) is 4.79 Å². The van der Waals surface area contributed by atoms with Gasteiger partial charge in [0.1, 0.15) is 6.54 Å². The molecule has 0 saturated carbocycles. The van der Waals surface area contributed by atoms with Gasteiger partial charge in [-0.1, -0.05) is 23.7 Å². The highest BCUT2D eigenvalue weighted by Gasteiger charge is 2.25. The van der Waals surface area contributed by atoms with Gasteiger partial charge in [0.15, 0.2) is 5.82 Å². The molecule has 0 bridgehead atoms. The van der Waals surface area contributed by atoms with Crippen molar-refractivity contribution in [2.24, 2.45) is 0 Å². The molecule has 1 amide bonds. The van der Waals surface area contributed by atoms with E-state index < -0.39 is 5.97 Å². The van der Waals surface area contributed by atoms with Crippen LogP contribution in [0.25, 0.3) is 0 Å². The first-order valence-electron chi connectivity index (χ1n) is 6.11. The number of amides is 1. The maximum absolute atomic E-state index is 11.8. The number of halogens is 1. The summed E-state index contributed by atoms with van der Waals surface area (Å²) in [7, 11) is 0. The Bertz CT molecular complexity index is 748. The molecule has 1 aliphatic rings. The topological polar surface area (TPSA) is 82.5 Å². The molecule has 0 spiro atoms. The quantitative estimate of drug-likeness (QED) is 0.891. The van der Waals surface area contributed by atoms with E-state index in [-0.39, 0.29) is 23.0 Å². The van der Waals surface area contributed by atoms with Crippen molar-refractivity contribution >= 4 is 40.7 Å². The molecular weight excluding hydrogens is 294 g/mol. The van der Waals surface area contributed by atoms with Gasteiger partial charge in [-0.25, -0.2) is 9.78 Å². The number of carbonyl (C=O) groups is 2. The van der Waals surface area contributed by atoms with E-state index in [2.05, 4.69) is 10.3 Å². The Morgan fingerprint density at radius 2 is 2.14 bits per heavy atom. The van der Waals surface area contributed by atoms with E-state index >= 15 is 0 Å². The normalized spacial score (nSPS) is 13.6. The van der Waals surface area contributed by atoms with Crippen molar-refractivity contribution in [1.29, 1.82) is 0 Å².